The first kappa shape index (κ1) is 23.0. The van der Waals surface area contributed by atoms with E-state index in [1.54, 1.807) is 12.1 Å². The number of aliphatic hydroxyl groups excluding tert-OH is 1. The molecule has 0 bridgehead atoms. The van der Waals surface area contributed by atoms with Gasteiger partial charge >= 0.3 is 5.97 Å². The molecule has 1 aliphatic carbocycles. The van der Waals surface area contributed by atoms with Crippen molar-refractivity contribution < 1.29 is 28.9 Å². The van der Waals surface area contributed by atoms with Gasteiger partial charge in [-0.1, -0.05) is 36.4 Å². The number of carbonyl (C=O) groups excluding carboxylic acids is 2. The molecule has 0 spiro atoms. The van der Waals surface area contributed by atoms with Crippen LogP contribution in [0.2, 0.25) is 0 Å². The Morgan fingerprint density at radius 3 is 2.39 bits per heavy atom. The Bertz CT molecular complexity index is 994. The second kappa shape index (κ2) is 10.6. The van der Waals surface area contributed by atoms with Crippen molar-refractivity contribution >= 4 is 11.9 Å². The van der Waals surface area contributed by atoms with Crippen LogP contribution in [0.1, 0.15) is 52.2 Å². The van der Waals surface area contributed by atoms with Crippen molar-refractivity contribution in [2.75, 3.05) is 13.7 Å². The number of amides is 1. The van der Waals surface area contributed by atoms with Gasteiger partial charge in [-0.15, -0.1) is 0 Å². The first-order chi connectivity index (χ1) is 16.1. The largest absolute Gasteiger partial charge is 0.465 e. The zero-order chi connectivity index (χ0) is 23.2. The van der Waals surface area contributed by atoms with Crippen molar-refractivity contribution in [1.82, 2.24) is 5.32 Å². The predicted octanol–water partition coefficient (Wildman–Crippen LogP) is 3.42. The molecule has 1 fully saturated rings. The number of benzene rings is 2. The SMILES string of the molecule is COC(=O)c1ccc(C2C=C(C(=O)NCC3CC3)OC(OCc3ccc(CO)cc3)C2)cc1. The van der Waals surface area contributed by atoms with Crippen molar-refractivity contribution in [2.24, 2.45) is 5.92 Å². The minimum atomic E-state index is -0.598. The molecular weight excluding hydrogens is 422 g/mol. The van der Waals surface area contributed by atoms with E-state index in [-0.39, 0.29) is 24.2 Å². The summed E-state index contributed by atoms with van der Waals surface area (Å²) < 4.78 is 16.7. The Morgan fingerprint density at radius 1 is 1.06 bits per heavy atom. The average Bonchev–Trinajstić information content (AvgIpc) is 3.70. The molecule has 2 aromatic rings. The quantitative estimate of drug-likeness (QED) is 0.568. The molecule has 174 valence electrons. The molecule has 2 atom stereocenters. The Kier molecular flexibility index (Phi) is 7.42. The van der Waals surface area contributed by atoms with E-state index < -0.39 is 12.3 Å². The van der Waals surface area contributed by atoms with Gasteiger partial charge in [0.05, 0.1) is 25.9 Å². The lowest BCUT2D eigenvalue weighted by Gasteiger charge is -2.29. The van der Waals surface area contributed by atoms with Crippen molar-refractivity contribution in [3.63, 3.8) is 0 Å². The molecular formula is C26H29NO6. The fraction of sp³-hybridized carbons (Fsp3) is 0.385. The van der Waals surface area contributed by atoms with Gasteiger partial charge in [-0.25, -0.2) is 4.79 Å². The third-order valence-electron chi connectivity index (χ3n) is 5.93. The monoisotopic (exact) mass is 451 g/mol. The standard InChI is InChI=1S/C26H29NO6/c1-31-26(30)21-10-8-20(9-11-21)22-12-23(25(29)27-14-17-2-3-17)33-24(13-22)32-16-19-6-4-18(15-28)5-7-19/h4-12,17,22,24,28H,2-3,13-16H2,1H3,(H,27,29). The summed E-state index contributed by atoms with van der Waals surface area (Å²) in [6.07, 6.45) is 4.06. The molecule has 1 saturated carbocycles. The highest BCUT2D eigenvalue weighted by Crippen LogP contribution is 2.33. The number of aliphatic hydroxyl groups is 1. The third kappa shape index (κ3) is 6.21. The van der Waals surface area contributed by atoms with Gasteiger partial charge in [0.2, 0.25) is 6.29 Å². The summed E-state index contributed by atoms with van der Waals surface area (Å²) in [5, 5.41) is 12.2. The second-order valence-electron chi connectivity index (χ2n) is 8.47. The number of rotatable bonds is 9. The van der Waals surface area contributed by atoms with Crippen LogP contribution in [0.4, 0.5) is 0 Å². The minimum Gasteiger partial charge on any atom is -0.465 e. The maximum Gasteiger partial charge on any atom is 0.337 e. The van der Waals surface area contributed by atoms with E-state index in [1.807, 2.05) is 42.5 Å². The van der Waals surface area contributed by atoms with Crippen LogP contribution in [0.25, 0.3) is 0 Å². The molecule has 2 aliphatic rings. The molecule has 2 N–H and O–H groups in total. The van der Waals surface area contributed by atoms with E-state index in [4.69, 9.17) is 14.2 Å². The first-order valence-electron chi connectivity index (χ1n) is 11.2. The van der Waals surface area contributed by atoms with Crippen LogP contribution in [-0.4, -0.2) is 36.9 Å². The van der Waals surface area contributed by atoms with Crippen LogP contribution >= 0.6 is 0 Å². The second-order valence-corrected chi connectivity index (χ2v) is 8.47. The number of hydrogen-bond acceptors (Lipinski definition) is 6. The van der Waals surface area contributed by atoms with Crippen molar-refractivity contribution in [2.45, 2.75) is 44.7 Å². The maximum absolute atomic E-state index is 12.7. The van der Waals surface area contributed by atoms with Crippen molar-refractivity contribution in [3.05, 3.63) is 82.6 Å². The Labute approximate surface area is 193 Å². The highest BCUT2D eigenvalue weighted by Gasteiger charge is 2.30. The minimum absolute atomic E-state index is 0.00650. The number of methoxy groups -OCH3 is 1. The molecule has 2 unspecified atom stereocenters. The average molecular weight is 452 g/mol. The summed E-state index contributed by atoms with van der Waals surface area (Å²) in [5.74, 6) is 0.0866. The Balaban J connectivity index is 1.47. The summed E-state index contributed by atoms with van der Waals surface area (Å²) in [4.78, 5) is 24.5. The summed E-state index contributed by atoms with van der Waals surface area (Å²) in [6, 6.07) is 14.7. The van der Waals surface area contributed by atoms with Gasteiger partial charge in [0.25, 0.3) is 5.91 Å². The summed E-state index contributed by atoms with van der Waals surface area (Å²) in [7, 11) is 1.35. The van der Waals surface area contributed by atoms with Gasteiger partial charge < -0.3 is 24.6 Å². The highest BCUT2D eigenvalue weighted by atomic mass is 16.7. The molecule has 1 aliphatic heterocycles. The third-order valence-corrected chi connectivity index (χ3v) is 5.93. The van der Waals surface area contributed by atoms with Crippen LogP contribution in [-0.2, 0) is 32.2 Å². The highest BCUT2D eigenvalue weighted by molar-refractivity contribution is 5.92. The van der Waals surface area contributed by atoms with E-state index in [0.29, 0.717) is 31.1 Å². The number of esters is 1. The van der Waals surface area contributed by atoms with Crippen LogP contribution in [0.15, 0.2) is 60.4 Å². The van der Waals surface area contributed by atoms with Gasteiger partial charge in [-0.2, -0.15) is 0 Å². The number of allylic oxidation sites excluding steroid dienone is 1. The fourth-order valence-corrected chi connectivity index (χ4v) is 3.71. The number of ether oxygens (including phenoxy) is 3. The predicted molar refractivity (Wildman–Crippen MR) is 121 cm³/mol. The van der Waals surface area contributed by atoms with Crippen LogP contribution in [0.3, 0.4) is 0 Å². The molecule has 2 aromatic carbocycles. The topological polar surface area (TPSA) is 94.1 Å². The number of hydrogen-bond donors (Lipinski definition) is 2. The molecule has 1 amide bonds. The molecule has 33 heavy (non-hydrogen) atoms. The number of carbonyl (C=O) groups is 2. The lowest BCUT2D eigenvalue weighted by molar-refractivity contribution is -0.150. The Hall–Kier alpha value is -3.16. The summed E-state index contributed by atoms with van der Waals surface area (Å²) in [5.41, 5.74) is 3.21. The maximum atomic E-state index is 12.7. The smallest absolute Gasteiger partial charge is 0.337 e. The van der Waals surface area contributed by atoms with E-state index in [1.165, 1.54) is 7.11 Å². The first-order valence-corrected chi connectivity index (χ1v) is 11.2. The lowest BCUT2D eigenvalue weighted by atomic mass is 9.92. The van der Waals surface area contributed by atoms with Crippen LogP contribution < -0.4 is 5.32 Å². The van der Waals surface area contributed by atoms with E-state index >= 15 is 0 Å². The lowest BCUT2D eigenvalue weighted by Crippen LogP contribution is -2.33. The molecule has 4 rings (SSSR count). The van der Waals surface area contributed by atoms with Gasteiger partial charge in [-0.3, -0.25) is 4.79 Å². The zero-order valence-electron chi connectivity index (χ0n) is 18.7. The zero-order valence-corrected chi connectivity index (χ0v) is 18.7. The number of nitrogens with one attached hydrogen (secondary N) is 1. The molecule has 7 heteroatoms. The van der Waals surface area contributed by atoms with Crippen LogP contribution in [0, 0.1) is 5.92 Å². The Morgan fingerprint density at radius 2 is 1.76 bits per heavy atom. The van der Waals surface area contributed by atoms with Crippen molar-refractivity contribution in [3.8, 4) is 0 Å². The normalized spacial score (nSPS) is 19.9. The summed E-state index contributed by atoms with van der Waals surface area (Å²) >= 11 is 0. The van der Waals surface area contributed by atoms with Crippen LogP contribution in [0.5, 0.6) is 0 Å². The molecule has 0 aromatic heterocycles. The fourth-order valence-electron chi connectivity index (χ4n) is 3.71. The summed E-state index contributed by atoms with van der Waals surface area (Å²) in [6.45, 7) is 0.968. The van der Waals surface area contributed by atoms with Gasteiger partial charge in [-0.05, 0) is 53.7 Å². The molecule has 0 radical (unpaired) electrons. The van der Waals surface area contributed by atoms with Crippen molar-refractivity contribution in [1.29, 1.82) is 0 Å². The van der Waals surface area contributed by atoms with E-state index in [9.17, 15) is 14.7 Å². The van der Waals surface area contributed by atoms with E-state index in [2.05, 4.69) is 5.32 Å². The van der Waals surface area contributed by atoms with E-state index in [0.717, 1.165) is 29.5 Å². The van der Waals surface area contributed by atoms with Gasteiger partial charge in [0.15, 0.2) is 5.76 Å². The molecule has 1 heterocycles. The molecule has 0 saturated heterocycles. The van der Waals surface area contributed by atoms with Gasteiger partial charge in [0, 0.05) is 18.9 Å². The van der Waals surface area contributed by atoms with Gasteiger partial charge in [0.1, 0.15) is 0 Å². The molecule has 7 nitrogen and oxygen atoms in total.